The first kappa shape index (κ1) is 21.6. The molecule has 4 N–H and O–H groups in total. The van der Waals surface area contributed by atoms with E-state index in [-0.39, 0.29) is 11.7 Å². The zero-order chi connectivity index (χ0) is 20.7. The van der Waals surface area contributed by atoms with Crippen molar-refractivity contribution < 1.29 is 4.79 Å². The van der Waals surface area contributed by atoms with Gasteiger partial charge in [-0.15, -0.1) is 0 Å². The van der Waals surface area contributed by atoms with Crippen LogP contribution < -0.4 is 21.3 Å². The third kappa shape index (κ3) is 5.42. The number of nitrogens with zero attached hydrogens (tertiary/aromatic N) is 3. The average Bonchev–Trinajstić information content (AvgIpc) is 2.67. The van der Waals surface area contributed by atoms with Crippen molar-refractivity contribution in [1.82, 2.24) is 15.3 Å². The lowest BCUT2D eigenvalue weighted by Gasteiger charge is -2.25. The van der Waals surface area contributed by atoms with Crippen LogP contribution in [0.2, 0.25) is 0 Å². The van der Waals surface area contributed by atoms with Crippen molar-refractivity contribution in [2.24, 2.45) is 5.73 Å². The highest BCUT2D eigenvalue weighted by Crippen LogP contribution is 2.25. The predicted octanol–water partition coefficient (Wildman–Crippen LogP) is 2.88. The summed E-state index contributed by atoms with van der Waals surface area (Å²) in [7, 11) is 3.93. The molecule has 2 aromatic rings. The lowest BCUT2D eigenvalue weighted by Crippen LogP contribution is -2.29. The minimum Gasteiger partial charge on any atom is -0.364 e. The Morgan fingerprint density at radius 2 is 2.04 bits per heavy atom. The number of hydrogen-bond donors (Lipinski definition) is 3. The number of hydrogen-bond acceptors (Lipinski definition) is 6. The molecule has 0 aliphatic rings. The Morgan fingerprint density at radius 3 is 2.64 bits per heavy atom. The van der Waals surface area contributed by atoms with Gasteiger partial charge in [0.1, 0.15) is 0 Å². The molecule has 28 heavy (non-hydrogen) atoms. The Morgan fingerprint density at radius 1 is 1.29 bits per heavy atom. The Kier molecular flexibility index (Phi) is 7.75. The second kappa shape index (κ2) is 10.0. The van der Waals surface area contributed by atoms with E-state index in [0.29, 0.717) is 12.2 Å². The van der Waals surface area contributed by atoms with E-state index in [9.17, 15) is 4.79 Å². The van der Waals surface area contributed by atoms with Crippen molar-refractivity contribution >= 4 is 23.2 Å². The molecule has 1 aromatic carbocycles. The summed E-state index contributed by atoms with van der Waals surface area (Å²) >= 11 is 0. The number of primary amides is 1. The van der Waals surface area contributed by atoms with Crippen molar-refractivity contribution in [3.8, 4) is 0 Å². The first-order valence-corrected chi connectivity index (χ1v) is 9.81. The number of nitrogens with two attached hydrogens (primary N) is 1. The van der Waals surface area contributed by atoms with Gasteiger partial charge in [0.25, 0.3) is 5.91 Å². The second-order valence-electron chi connectivity index (χ2n) is 7.15. The summed E-state index contributed by atoms with van der Waals surface area (Å²) in [5.74, 6) is 0.559. The normalized spacial score (nSPS) is 10.9. The Labute approximate surface area is 167 Å². The maximum Gasteiger partial charge on any atom is 0.271 e. The molecule has 1 aromatic heterocycles. The fraction of sp³-hybridized carbons (Fsp3) is 0.476. The minimum absolute atomic E-state index is 0.165. The van der Waals surface area contributed by atoms with Gasteiger partial charge in [-0.1, -0.05) is 19.1 Å². The van der Waals surface area contributed by atoms with Gasteiger partial charge < -0.3 is 21.3 Å². The van der Waals surface area contributed by atoms with Gasteiger partial charge in [-0.25, -0.2) is 9.97 Å². The van der Waals surface area contributed by atoms with Crippen LogP contribution in [0.15, 0.2) is 24.3 Å². The van der Waals surface area contributed by atoms with Gasteiger partial charge in [0.2, 0.25) is 0 Å². The molecular weight excluding hydrogens is 352 g/mol. The second-order valence-corrected chi connectivity index (χ2v) is 7.15. The molecule has 0 aliphatic heterocycles. The van der Waals surface area contributed by atoms with E-state index in [1.807, 2.05) is 33.2 Å². The third-order valence-electron chi connectivity index (χ3n) is 4.71. The molecule has 1 amide bonds. The summed E-state index contributed by atoms with van der Waals surface area (Å²) in [4.78, 5) is 23.3. The molecule has 152 valence electrons. The molecule has 0 saturated heterocycles. The minimum atomic E-state index is -0.589. The molecule has 2 rings (SSSR count). The standard InChI is InChI=1S/C21H32N6O/c1-6-17-21(27(5)14(2)3)26-20(18(25-17)19(22)28)24-16-11-7-9-15(13-16)10-8-12-23-4/h7,9,11,13-14,23H,6,8,10,12H2,1-5H3,(H2,22,28)(H,24,26). The van der Waals surface area contributed by atoms with Crippen LogP contribution in [0, 0.1) is 0 Å². The van der Waals surface area contributed by atoms with E-state index in [0.717, 1.165) is 36.6 Å². The Bertz CT molecular complexity index is 805. The van der Waals surface area contributed by atoms with Crippen LogP contribution in [-0.2, 0) is 12.8 Å². The van der Waals surface area contributed by atoms with Gasteiger partial charge >= 0.3 is 0 Å². The molecule has 1 heterocycles. The van der Waals surface area contributed by atoms with Gasteiger partial charge in [-0.05, 0) is 64.4 Å². The van der Waals surface area contributed by atoms with Crippen LogP contribution >= 0.6 is 0 Å². The van der Waals surface area contributed by atoms with Crippen LogP contribution in [0.3, 0.4) is 0 Å². The van der Waals surface area contributed by atoms with Gasteiger partial charge in [0.05, 0.1) is 5.69 Å². The fourth-order valence-electron chi connectivity index (χ4n) is 2.90. The van der Waals surface area contributed by atoms with Gasteiger partial charge in [-0.2, -0.15) is 0 Å². The zero-order valence-electron chi connectivity index (χ0n) is 17.5. The van der Waals surface area contributed by atoms with Crippen LogP contribution in [0.4, 0.5) is 17.3 Å². The number of rotatable bonds is 10. The summed E-state index contributed by atoms with van der Waals surface area (Å²) in [6, 6.07) is 8.37. The third-order valence-corrected chi connectivity index (χ3v) is 4.71. The molecule has 0 aliphatic carbocycles. The highest BCUT2D eigenvalue weighted by molar-refractivity contribution is 5.96. The molecule has 0 spiro atoms. The molecule has 0 unspecified atom stereocenters. The summed E-state index contributed by atoms with van der Waals surface area (Å²) in [5.41, 5.74) is 8.60. The number of anilines is 3. The van der Waals surface area contributed by atoms with Crippen molar-refractivity contribution in [2.75, 3.05) is 30.9 Å². The van der Waals surface area contributed by atoms with Crippen LogP contribution in [0.25, 0.3) is 0 Å². The average molecular weight is 385 g/mol. The Hall–Kier alpha value is -2.67. The van der Waals surface area contributed by atoms with Crippen molar-refractivity contribution in [1.29, 1.82) is 0 Å². The summed E-state index contributed by atoms with van der Waals surface area (Å²) < 4.78 is 0. The highest BCUT2D eigenvalue weighted by atomic mass is 16.1. The summed E-state index contributed by atoms with van der Waals surface area (Å²) in [6.45, 7) is 7.14. The topological polar surface area (TPSA) is 96.2 Å². The summed E-state index contributed by atoms with van der Waals surface area (Å²) in [5, 5.41) is 6.41. The summed E-state index contributed by atoms with van der Waals surface area (Å²) in [6.07, 6.45) is 2.70. The molecule has 0 saturated carbocycles. The molecule has 0 fully saturated rings. The molecule has 0 radical (unpaired) electrons. The lowest BCUT2D eigenvalue weighted by molar-refractivity contribution is 0.0996. The molecular formula is C21H32N6O. The number of carbonyl (C=O) groups is 1. The predicted molar refractivity (Wildman–Crippen MR) is 115 cm³/mol. The monoisotopic (exact) mass is 384 g/mol. The smallest absolute Gasteiger partial charge is 0.271 e. The zero-order valence-corrected chi connectivity index (χ0v) is 17.5. The fourth-order valence-corrected chi connectivity index (χ4v) is 2.90. The van der Waals surface area contributed by atoms with Gasteiger partial charge in [0.15, 0.2) is 17.3 Å². The molecule has 7 nitrogen and oxygen atoms in total. The number of carbonyl (C=O) groups excluding carboxylic acids is 1. The molecule has 0 atom stereocenters. The highest BCUT2D eigenvalue weighted by Gasteiger charge is 2.20. The van der Waals surface area contributed by atoms with E-state index in [1.54, 1.807) is 0 Å². The molecule has 0 bridgehead atoms. The van der Waals surface area contributed by atoms with Crippen LogP contribution in [0.5, 0.6) is 0 Å². The number of amides is 1. The first-order valence-electron chi connectivity index (χ1n) is 9.81. The van der Waals surface area contributed by atoms with Crippen LogP contribution in [-0.4, -0.2) is 42.6 Å². The number of aromatic nitrogens is 2. The van der Waals surface area contributed by atoms with E-state index in [4.69, 9.17) is 10.7 Å². The molecule has 7 heteroatoms. The SMILES string of the molecule is CCc1nc(C(N)=O)c(Nc2cccc(CCCNC)c2)nc1N(C)C(C)C. The van der Waals surface area contributed by atoms with E-state index in [1.165, 1.54) is 5.56 Å². The maximum atomic E-state index is 12.0. The van der Waals surface area contributed by atoms with E-state index >= 15 is 0 Å². The van der Waals surface area contributed by atoms with Gasteiger partial charge in [-0.3, -0.25) is 4.79 Å². The Balaban J connectivity index is 2.39. The van der Waals surface area contributed by atoms with Crippen LogP contribution in [0.1, 0.15) is 48.9 Å². The largest absolute Gasteiger partial charge is 0.364 e. The van der Waals surface area contributed by atoms with Crippen molar-refractivity contribution in [2.45, 2.75) is 46.1 Å². The quantitative estimate of drug-likeness (QED) is 0.545. The first-order chi connectivity index (χ1) is 13.4. The number of benzene rings is 1. The maximum absolute atomic E-state index is 12.0. The number of aryl methyl sites for hydroxylation is 2. The lowest BCUT2D eigenvalue weighted by atomic mass is 10.1. The van der Waals surface area contributed by atoms with Crippen molar-refractivity contribution in [3.63, 3.8) is 0 Å². The van der Waals surface area contributed by atoms with E-state index in [2.05, 4.69) is 46.5 Å². The van der Waals surface area contributed by atoms with Gasteiger partial charge in [0, 0.05) is 18.8 Å². The number of nitrogens with one attached hydrogen (secondary N) is 2. The van der Waals surface area contributed by atoms with Crippen molar-refractivity contribution in [3.05, 3.63) is 41.2 Å². The van der Waals surface area contributed by atoms with E-state index < -0.39 is 5.91 Å².